The number of hydrogen-bond acceptors (Lipinski definition) is 3. The minimum absolute atomic E-state index is 0.201. The summed E-state index contributed by atoms with van der Waals surface area (Å²) in [7, 11) is 0. The van der Waals surface area contributed by atoms with E-state index in [9.17, 15) is 4.79 Å². The Morgan fingerprint density at radius 1 is 0.759 bits per heavy atom. The van der Waals surface area contributed by atoms with Crippen LogP contribution in [0.5, 0.6) is 0 Å². The van der Waals surface area contributed by atoms with Crippen molar-refractivity contribution in [3.8, 4) is 0 Å². The van der Waals surface area contributed by atoms with Gasteiger partial charge < -0.3 is 9.47 Å². The molecule has 0 heterocycles. The van der Waals surface area contributed by atoms with Crippen LogP contribution in [0, 0.1) is 16.2 Å². The second-order valence-corrected chi connectivity index (χ2v) is 15.5. The Morgan fingerprint density at radius 3 is 1.66 bits per heavy atom. The molecular weight excluding hydrogens is 475 g/mol. The molecule has 3 nitrogen and oxygen atoms in total. The molecule has 0 aliphatic rings. The zero-order chi connectivity index (χ0) is 23.5. The van der Waals surface area contributed by atoms with E-state index in [-0.39, 0.29) is 25.8 Å². The average molecular weight is 525 g/mol. The number of hydrogen-bond donors (Lipinski definition) is 0. The fourth-order valence-corrected chi connectivity index (χ4v) is 4.42. The van der Waals surface area contributed by atoms with E-state index in [1.807, 2.05) is 13.8 Å². The number of ether oxygens (including phenoxy) is 2. The Labute approximate surface area is 195 Å². The van der Waals surface area contributed by atoms with E-state index in [4.69, 9.17) is 9.47 Å². The zero-order valence-corrected chi connectivity index (χ0v) is 23.8. The van der Waals surface area contributed by atoms with Crippen LogP contribution in [-0.4, -0.2) is 33.6 Å². The number of Topliss-reactive ketones (excluding diaryl/α,β-unsaturated/α-hetero) is 1. The van der Waals surface area contributed by atoms with Crippen molar-refractivity contribution in [2.75, 3.05) is 13.2 Å². The van der Waals surface area contributed by atoms with Gasteiger partial charge in [0.05, 0.1) is 21.2 Å². The van der Waals surface area contributed by atoms with Crippen molar-refractivity contribution in [3.05, 3.63) is 0 Å². The highest BCUT2D eigenvalue weighted by atomic mass is 127. The van der Waals surface area contributed by atoms with E-state index in [0.29, 0.717) is 12.0 Å². The fraction of sp³-hybridized carbons (Fsp3) is 0.960. The molecule has 0 saturated carbocycles. The zero-order valence-electron chi connectivity index (χ0n) is 21.6. The molecule has 0 aliphatic heterocycles. The lowest BCUT2D eigenvalue weighted by molar-refractivity contribution is -0.148. The summed E-state index contributed by atoms with van der Waals surface area (Å²) in [6.07, 6.45) is 3.01. The van der Waals surface area contributed by atoms with E-state index >= 15 is 0 Å². The molecule has 0 N–H and O–H groups in total. The Kier molecular flexibility index (Phi) is 9.96. The van der Waals surface area contributed by atoms with Gasteiger partial charge in [0, 0.05) is 12.0 Å². The van der Waals surface area contributed by atoms with Crippen LogP contribution in [-0.2, 0) is 14.3 Å². The molecule has 0 aliphatic carbocycles. The maximum Gasteiger partial charge on any atom is 0.154 e. The van der Waals surface area contributed by atoms with Gasteiger partial charge in [-0.05, 0) is 71.6 Å². The van der Waals surface area contributed by atoms with Crippen LogP contribution in [0.2, 0.25) is 0 Å². The monoisotopic (exact) mass is 524 g/mol. The summed E-state index contributed by atoms with van der Waals surface area (Å²) >= 11 is 2.26. The molecule has 0 saturated heterocycles. The molecule has 0 amide bonds. The maximum absolute atomic E-state index is 13.1. The molecule has 0 aromatic carbocycles. The first-order valence-electron chi connectivity index (χ1n) is 11.0. The number of carbonyl (C=O) groups excluding carboxylic acids is 1. The molecule has 0 spiro atoms. The fourth-order valence-electron chi connectivity index (χ4n) is 3.75. The lowest BCUT2D eigenvalue weighted by atomic mass is 9.60. The number of alkyl halides is 1. The molecule has 0 aromatic heterocycles. The van der Waals surface area contributed by atoms with Crippen LogP contribution in [0.3, 0.4) is 0 Å². The van der Waals surface area contributed by atoms with Crippen molar-refractivity contribution in [1.82, 2.24) is 0 Å². The van der Waals surface area contributed by atoms with Crippen LogP contribution in [0.25, 0.3) is 0 Å². The van der Waals surface area contributed by atoms with Gasteiger partial charge in [-0.2, -0.15) is 0 Å². The Morgan fingerprint density at radius 2 is 1.24 bits per heavy atom. The van der Waals surface area contributed by atoms with Gasteiger partial charge in [-0.25, -0.2) is 0 Å². The third-order valence-electron chi connectivity index (χ3n) is 6.04. The largest absolute Gasteiger partial charge is 0.373 e. The van der Waals surface area contributed by atoms with Crippen LogP contribution in [0.1, 0.15) is 109 Å². The van der Waals surface area contributed by atoms with Gasteiger partial charge in [0.25, 0.3) is 0 Å². The smallest absolute Gasteiger partial charge is 0.154 e. The molecule has 29 heavy (non-hydrogen) atoms. The summed E-state index contributed by atoms with van der Waals surface area (Å²) in [6.45, 7) is 29.0. The van der Waals surface area contributed by atoms with Gasteiger partial charge in [0.15, 0.2) is 5.78 Å². The second-order valence-electron chi connectivity index (χ2n) is 12.8. The van der Waals surface area contributed by atoms with Gasteiger partial charge >= 0.3 is 0 Å². The SMILES string of the molecule is CC(C)(C)CCCOC(C)(C)COC(C)(C)CC(C)(C)C(C)(C)C(=O)C(C)(C)I. The van der Waals surface area contributed by atoms with Crippen molar-refractivity contribution in [2.45, 2.75) is 124 Å². The van der Waals surface area contributed by atoms with Crippen molar-refractivity contribution in [1.29, 1.82) is 0 Å². The summed E-state index contributed by atoms with van der Waals surface area (Å²) in [5, 5.41) is 0. The van der Waals surface area contributed by atoms with Crippen molar-refractivity contribution >= 4 is 28.4 Å². The first kappa shape index (κ1) is 29.3. The molecule has 0 bridgehead atoms. The van der Waals surface area contributed by atoms with E-state index < -0.39 is 5.41 Å². The molecule has 0 unspecified atom stereocenters. The van der Waals surface area contributed by atoms with Crippen LogP contribution in [0.15, 0.2) is 0 Å². The molecule has 0 atom stereocenters. The molecule has 4 heteroatoms. The van der Waals surface area contributed by atoms with Gasteiger partial charge in [0.2, 0.25) is 0 Å². The predicted octanol–water partition coefficient (Wildman–Crippen LogP) is 7.63. The highest BCUT2D eigenvalue weighted by Gasteiger charge is 2.49. The molecule has 0 radical (unpaired) electrons. The lowest BCUT2D eigenvalue weighted by Crippen LogP contribution is -2.50. The second kappa shape index (κ2) is 9.85. The first-order chi connectivity index (χ1) is 12.5. The molecule has 0 rings (SSSR count). The number of ketones is 1. The number of rotatable bonds is 12. The van der Waals surface area contributed by atoms with Gasteiger partial charge in [-0.3, -0.25) is 4.79 Å². The number of carbonyl (C=O) groups is 1. The topological polar surface area (TPSA) is 35.5 Å². The highest BCUT2D eigenvalue weighted by Crippen LogP contribution is 2.48. The van der Waals surface area contributed by atoms with Gasteiger partial charge in [-0.15, -0.1) is 0 Å². The quantitative estimate of drug-likeness (QED) is 0.150. The first-order valence-corrected chi connectivity index (χ1v) is 12.1. The van der Waals surface area contributed by atoms with Crippen molar-refractivity contribution in [3.63, 3.8) is 0 Å². The lowest BCUT2D eigenvalue weighted by Gasteiger charge is -2.47. The molecule has 0 fully saturated rings. The van der Waals surface area contributed by atoms with Crippen LogP contribution >= 0.6 is 22.6 Å². The van der Waals surface area contributed by atoms with Crippen molar-refractivity contribution in [2.24, 2.45) is 16.2 Å². The number of halogens is 1. The summed E-state index contributed by atoms with van der Waals surface area (Å²) in [5.74, 6) is 0.286. The van der Waals surface area contributed by atoms with Crippen molar-refractivity contribution < 1.29 is 14.3 Å². The van der Waals surface area contributed by atoms with E-state index in [1.165, 1.54) is 0 Å². The highest BCUT2D eigenvalue weighted by molar-refractivity contribution is 14.1. The van der Waals surface area contributed by atoms with E-state index in [2.05, 4.69) is 98.8 Å². The van der Waals surface area contributed by atoms with Crippen LogP contribution in [0.4, 0.5) is 0 Å². The Hall–Kier alpha value is 0.320. The third-order valence-corrected chi connectivity index (χ3v) is 6.53. The standard InChI is InChI=1S/C25H49IO3/c1-20(2,3)15-14-16-28-23(8,9)18-29-22(6,7)17-21(4,5)24(10,11)19(27)25(12,13)26/h14-18H2,1-13H3. The van der Waals surface area contributed by atoms with Gasteiger partial charge in [0.1, 0.15) is 0 Å². The van der Waals surface area contributed by atoms with E-state index in [1.54, 1.807) is 0 Å². The van der Waals surface area contributed by atoms with Crippen LogP contribution < -0.4 is 0 Å². The maximum atomic E-state index is 13.1. The summed E-state index contributed by atoms with van der Waals surface area (Å²) in [5.41, 5.74) is -0.975. The minimum atomic E-state index is -0.447. The summed E-state index contributed by atoms with van der Waals surface area (Å²) in [6, 6.07) is 0. The van der Waals surface area contributed by atoms with Gasteiger partial charge in [-0.1, -0.05) is 71.1 Å². The Bertz CT molecular complexity index is 531. The van der Waals surface area contributed by atoms with E-state index in [0.717, 1.165) is 25.9 Å². The molecule has 0 aromatic rings. The minimum Gasteiger partial charge on any atom is -0.373 e. The summed E-state index contributed by atoms with van der Waals surface area (Å²) < 4.78 is 12.1. The predicted molar refractivity (Wildman–Crippen MR) is 134 cm³/mol. The summed E-state index contributed by atoms with van der Waals surface area (Å²) in [4.78, 5) is 13.1. The Balaban J connectivity index is 4.91. The molecular formula is C25H49IO3. The molecule has 174 valence electrons. The normalized spacial score (nSPS) is 15.0. The third kappa shape index (κ3) is 10.5. The average Bonchev–Trinajstić information content (AvgIpc) is 2.46.